The van der Waals surface area contributed by atoms with Gasteiger partial charge in [0.15, 0.2) is 0 Å². The Morgan fingerprint density at radius 3 is 2.17 bits per heavy atom. The van der Waals surface area contributed by atoms with E-state index < -0.39 is 5.60 Å². The third-order valence-electron chi connectivity index (χ3n) is 9.46. The fourth-order valence-electron chi connectivity index (χ4n) is 7.73. The fraction of sp³-hybridized carbons (Fsp3) is 0.286. The van der Waals surface area contributed by atoms with E-state index in [1.807, 2.05) is 35.2 Å². The second-order valence-corrected chi connectivity index (χ2v) is 11.7. The number of carbonyl (C=O) groups excluding carboxylic acids is 1. The molecular formula is C35H31NO4. The van der Waals surface area contributed by atoms with E-state index in [0.717, 1.165) is 46.8 Å². The summed E-state index contributed by atoms with van der Waals surface area (Å²) in [6, 6.07) is 30.7. The van der Waals surface area contributed by atoms with Gasteiger partial charge in [-0.1, -0.05) is 84.9 Å². The van der Waals surface area contributed by atoms with Gasteiger partial charge in [0.1, 0.15) is 17.8 Å². The van der Waals surface area contributed by atoms with Crippen molar-refractivity contribution in [2.75, 3.05) is 6.61 Å². The van der Waals surface area contributed by atoms with E-state index in [9.17, 15) is 9.90 Å². The van der Waals surface area contributed by atoms with Crippen molar-refractivity contribution in [2.45, 2.75) is 55.7 Å². The molecule has 2 atom stereocenters. The van der Waals surface area contributed by atoms with Crippen molar-refractivity contribution in [1.29, 1.82) is 0 Å². The van der Waals surface area contributed by atoms with E-state index in [2.05, 4.69) is 60.7 Å². The van der Waals surface area contributed by atoms with Gasteiger partial charge in [-0.3, -0.25) is 0 Å². The maximum Gasteiger partial charge on any atom is 0.410 e. The molecule has 2 saturated heterocycles. The number of piperidine rings is 2. The quantitative estimate of drug-likeness (QED) is 0.260. The Balaban J connectivity index is 1.06. The number of rotatable bonds is 3. The summed E-state index contributed by atoms with van der Waals surface area (Å²) in [6.07, 6.45) is 3.46. The minimum absolute atomic E-state index is 0.0311. The number of aliphatic hydroxyl groups is 1. The minimum Gasteiger partial charge on any atom is -0.456 e. The molecule has 0 radical (unpaired) electrons. The molecule has 5 aromatic rings. The van der Waals surface area contributed by atoms with Crippen LogP contribution >= 0.6 is 0 Å². The topological polar surface area (TPSA) is 62.9 Å². The first-order valence-corrected chi connectivity index (χ1v) is 14.4. The molecular weight excluding hydrogens is 498 g/mol. The van der Waals surface area contributed by atoms with Crippen LogP contribution in [0.1, 0.15) is 54.7 Å². The second kappa shape index (κ2) is 8.97. The normalized spacial score (nSPS) is 23.8. The Kier molecular flexibility index (Phi) is 5.33. The number of fused-ring (bicyclic) bond motifs is 8. The summed E-state index contributed by atoms with van der Waals surface area (Å²) in [6.45, 7) is 0.311. The summed E-state index contributed by atoms with van der Waals surface area (Å²) in [4.78, 5) is 15.6. The summed E-state index contributed by atoms with van der Waals surface area (Å²) in [7, 11) is 0. The largest absolute Gasteiger partial charge is 0.456 e. The molecule has 5 heteroatoms. The molecule has 1 N–H and O–H groups in total. The number of hydrogen-bond acceptors (Lipinski definition) is 4. The van der Waals surface area contributed by atoms with Gasteiger partial charge in [0.2, 0.25) is 0 Å². The number of nitrogens with zero attached hydrogens (tertiary/aromatic N) is 1. The average molecular weight is 530 g/mol. The molecule has 2 unspecified atom stereocenters. The van der Waals surface area contributed by atoms with Crippen LogP contribution in [0.5, 0.6) is 0 Å². The third-order valence-corrected chi connectivity index (χ3v) is 9.46. The predicted molar refractivity (Wildman–Crippen MR) is 155 cm³/mol. The van der Waals surface area contributed by atoms with Crippen molar-refractivity contribution >= 4 is 28.0 Å². The molecule has 3 aliphatic rings. The number of para-hydroxylation sites is 2. The molecule has 0 saturated carbocycles. The van der Waals surface area contributed by atoms with Gasteiger partial charge >= 0.3 is 6.09 Å². The number of hydrogen-bond donors (Lipinski definition) is 1. The Hall–Kier alpha value is -4.09. The lowest BCUT2D eigenvalue weighted by molar-refractivity contribution is -0.0886. The molecule has 4 aromatic carbocycles. The highest BCUT2D eigenvalue weighted by molar-refractivity contribution is 6.06. The van der Waals surface area contributed by atoms with Gasteiger partial charge in [0, 0.05) is 47.2 Å². The molecule has 1 amide bonds. The van der Waals surface area contributed by atoms with Crippen LogP contribution in [-0.2, 0) is 10.3 Å². The van der Waals surface area contributed by atoms with E-state index in [4.69, 9.17) is 9.15 Å². The highest BCUT2D eigenvalue weighted by Gasteiger charge is 2.49. The van der Waals surface area contributed by atoms with Crippen LogP contribution in [-0.4, -0.2) is 34.8 Å². The van der Waals surface area contributed by atoms with Gasteiger partial charge in [-0.2, -0.15) is 0 Å². The average Bonchev–Trinajstić information content (AvgIpc) is 3.51. The zero-order valence-electron chi connectivity index (χ0n) is 22.3. The molecule has 8 rings (SSSR count). The summed E-state index contributed by atoms with van der Waals surface area (Å²) >= 11 is 0. The first kappa shape index (κ1) is 23.8. The van der Waals surface area contributed by atoms with Crippen LogP contribution in [0, 0.1) is 0 Å². The molecule has 2 fully saturated rings. The SMILES string of the molecule is O=C(OCC1c2ccccc2-c2ccccc21)N1C2CCCC1CC(O)(c1cccc3c1oc1ccccc13)C2. The van der Waals surface area contributed by atoms with E-state index in [-0.39, 0.29) is 24.1 Å². The summed E-state index contributed by atoms with van der Waals surface area (Å²) in [5, 5.41) is 14.2. The molecule has 2 aliphatic heterocycles. The minimum atomic E-state index is -1.07. The lowest BCUT2D eigenvalue weighted by Crippen LogP contribution is -2.59. The Morgan fingerprint density at radius 1 is 0.825 bits per heavy atom. The first-order valence-electron chi connectivity index (χ1n) is 14.4. The number of ether oxygens (including phenoxy) is 1. The van der Waals surface area contributed by atoms with E-state index in [0.29, 0.717) is 19.4 Å². The maximum absolute atomic E-state index is 13.7. The first-order chi connectivity index (χ1) is 19.6. The molecule has 200 valence electrons. The molecule has 2 bridgehead atoms. The van der Waals surface area contributed by atoms with Crippen LogP contribution in [0.25, 0.3) is 33.1 Å². The van der Waals surface area contributed by atoms with Crippen molar-refractivity contribution in [2.24, 2.45) is 0 Å². The van der Waals surface area contributed by atoms with Crippen LogP contribution in [0.15, 0.2) is 95.4 Å². The van der Waals surface area contributed by atoms with Gasteiger partial charge in [0.25, 0.3) is 0 Å². The molecule has 40 heavy (non-hydrogen) atoms. The molecule has 3 heterocycles. The molecule has 1 aliphatic carbocycles. The van der Waals surface area contributed by atoms with Gasteiger partial charge in [-0.05, 0) is 47.6 Å². The molecule has 0 spiro atoms. The Bertz CT molecular complexity index is 1710. The second-order valence-electron chi connectivity index (χ2n) is 11.7. The molecule has 5 nitrogen and oxygen atoms in total. The highest BCUT2D eigenvalue weighted by atomic mass is 16.6. The van der Waals surface area contributed by atoms with Crippen molar-refractivity contribution < 1.29 is 19.1 Å². The Morgan fingerprint density at radius 2 is 1.45 bits per heavy atom. The van der Waals surface area contributed by atoms with Gasteiger partial charge < -0.3 is 19.2 Å². The fourth-order valence-corrected chi connectivity index (χ4v) is 7.73. The standard InChI is InChI=1S/C35H31NO4/c37-34(39-21-30-26-13-3-1-11-24(26)25-12-2-4-14-27(25)30)36-22-9-7-10-23(36)20-35(38,19-22)31-17-8-16-29-28-15-5-6-18-32(28)40-33(29)31/h1-6,8,11-18,22-23,30,38H,7,9-10,19-21H2. The smallest absolute Gasteiger partial charge is 0.410 e. The van der Waals surface area contributed by atoms with Crippen LogP contribution in [0.3, 0.4) is 0 Å². The lowest BCUT2D eigenvalue weighted by atomic mass is 9.72. The zero-order chi connectivity index (χ0) is 26.8. The maximum atomic E-state index is 13.7. The van der Waals surface area contributed by atoms with E-state index >= 15 is 0 Å². The number of benzene rings is 4. The Labute approximate surface area is 233 Å². The van der Waals surface area contributed by atoms with Gasteiger partial charge in [-0.25, -0.2) is 4.79 Å². The number of amides is 1. The summed E-state index contributed by atoms with van der Waals surface area (Å²) < 4.78 is 12.4. The van der Waals surface area contributed by atoms with Crippen LogP contribution in [0.4, 0.5) is 4.79 Å². The monoisotopic (exact) mass is 529 g/mol. The van der Waals surface area contributed by atoms with Crippen molar-refractivity contribution in [1.82, 2.24) is 4.90 Å². The summed E-state index contributed by atoms with van der Waals surface area (Å²) in [5.41, 5.74) is 6.20. The van der Waals surface area contributed by atoms with Crippen molar-refractivity contribution in [3.8, 4) is 11.1 Å². The van der Waals surface area contributed by atoms with Gasteiger partial charge in [0.05, 0.1) is 5.60 Å². The van der Waals surface area contributed by atoms with Crippen molar-refractivity contribution in [3.63, 3.8) is 0 Å². The van der Waals surface area contributed by atoms with Crippen LogP contribution < -0.4 is 0 Å². The zero-order valence-corrected chi connectivity index (χ0v) is 22.3. The summed E-state index contributed by atoms with van der Waals surface area (Å²) in [5.74, 6) is 0.0311. The third kappa shape index (κ3) is 3.54. The van der Waals surface area contributed by atoms with E-state index in [1.54, 1.807) is 0 Å². The lowest BCUT2D eigenvalue weighted by Gasteiger charge is -2.51. The van der Waals surface area contributed by atoms with Gasteiger partial charge in [-0.15, -0.1) is 0 Å². The van der Waals surface area contributed by atoms with Crippen LogP contribution in [0.2, 0.25) is 0 Å². The van der Waals surface area contributed by atoms with E-state index in [1.165, 1.54) is 22.3 Å². The number of furan rings is 1. The van der Waals surface area contributed by atoms with Crippen molar-refractivity contribution in [3.05, 3.63) is 108 Å². The molecule has 1 aromatic heterocycles. The predicted octanol–water partition coefficient (Wildman–Crippen LogP) is 7.74. The highest BCUT2D eigenvalue weighted by Crippen LogP contribution is 2.48. The number of carbonyl (C=O) groups is 1.